The van der Waals surface area contributed by atoms with Crippen LogP contribution in [-0.2, 0) is 22.8 Å². The van der Waals surface area contributed by atoms with Gasteiger partial charge in [0, 0.05) is 12.8 Å². The number of carbonyl (C=O) groups is 1. The van der Waals surface area contributed by atoms with Crippen LogP contribution >= 0.6 is 0 Å². The van der Waals surface area contributed by atoms with E-state index in [-0.39, 0.29) is 29.1 Å². The number of Topliss-reactive ketones (excluding diaryl/α,β-unsaturated/α-hetero) is 1. The summed E-state index contributed by atoms with van der Waals surface area (Å²) in [6, 6.07) is 0. The maximum absolute atomic E-state index is 13.7. The van der Waals surface area contributed by atoms with Crippen molar-refractivity contribution >= 4 is 30.7 Å². The summed E-state index contributed by atoms with van der Waals surface area (Å²) < 4.78 is 29.3. The molecule has 248 valence electrons. The van der Waals surface area contributed by atoms with E-state index >= 15 is 0 Å². The highest BCUT2D eigenvalue weighted by Crippen LogP contribution is 2.50. The Hall–Kier alpha value is 0.161. The fourth-order valence-electron chi connectivity index (χ4n) is 8.63. The van der Waals surface area contributed by atoms with Crippen molar-refractivity contribution in [3.05, 3.63) is 0 Å². The topological polar surface area (TPSA) is 54.0 Å². The van der Waals surface area contributed by atoms with E-state index in [4.69, 9.17) is 18.0 Å². The summed E-state index contributed by atoms with van der Waals surface area (Å²) in [5.41, 5.74) is 1.97. The van der Waals surface area contributed by atoms with Crippen LogP contribution in [-0.4, -0.2) is 61.3 Å². The minimum absolute atomic E-state index is 0.0379. The van der Waals surface area contributed by atoms with Gasteiger partial charge in [-0.25, -0.2) is 0 Å². The molecule has 0 aromatic carbocycles. The Kier molecular flexibility index (Phi) is 12.7. The Labute approximate surface area is 264 Å². The molecule has 5 nitrogen and oxygen atoms in total. The summed E-state index contributed by atoms with van der Waals surface area (Å²) in [5, 5.41) is 0.0379. The molecule has 1 spiro atoms. The van der Waals surface area contributed by atoms with Crippen LogP contribution in [0.15, 0.2) is 0 Å². The number of ether oxygens (including phenoxy) is 1. The highest BCUT2D eigenvalue weighted by molar-refractivity contribution is 6.78. The van der Waals surface area contributed by atoms with Gasteiger partial charge < -0.3 is 18.0 Å². The van der Waals surface area contributed by atoms with Crippen molar-refractivity contribution in [2.45, 2.75) is 205 Å². The highest BCUT2D eigenvalue weighted by atomic mass is 28.4. The van der Waals surface area contributed by atoms with Crippen molar-refractivity contribution in [2.75, 3.05) is 6.61 Å². The smallest absolute Gasteiger partial charge is 0.200 e. The van der Waals surface area contributed by atoms with Gasteiger partial charge in [0.05, 0.1) is 18.8 Å². The van der Waals surface area contributed by atoms with E-state index in [0.29, 0.717) is 52.7 Å². The predicted octanol–water partition coefficient (Wildman–Crippen LogP) is 10.4. The van der Waals surface area contributed by atoms with Crippen molar-refractivity contribution in [2.24, 2.45) is 0 Å². The van der Waals surface area contributed by atoms with Gasteiger partial charge in [0.15, 0.2) is 22.4 Å². The van der Waals surface area contributed by atoms with E-state index in [1.54, 1.807) is 0 Å². The van der Waals surface area contributed by atoms with Crippen LogP contribution < -0.4 is 0 Å². The first kappa shape index (κ1) is 38.3. The van der Waals surface area contributed by atoms with Crippen LogP contribution in [0.2, 0.25) is 51.4 Å². The normalized spacial score (nSPS) is 26.8. The lowest BCUT2D eigenvalue weighted by Crippen LogP contribution is -2.65. The van der Waals surface area contributed by atoms with Crippen molar-refractivity contribution in [1.29, 1.82) is 0 Å². The van der Waals surface area contributed by atoms with Gasteiger partial charge in [-0.3, -0.25) is 4.79 Å². The minimum atomic E-state index is -2.27. The highest BCUT2D eigenvalue weighted by Gasteiger charge is 2.59. The molecule has 1 heterocycles. The molecule has 1 aliphatic carbocycles. The zero-order chi connectivity index (χ0) is 32.6. The first-order valence-electron chi connectivity index (χ1n) is 17.2. The summed E-state index contributed by atoms with van der Waals surface area (Å²) in [5.74, 6) is 0.248. The van der Waals surface area contributed by atoms with Gasteiger partial charge in [-0.05, 0) is 64.2 Å². The maximum Gasteiger partial charge on any atom is 0.200 e. The molecule has 0 bridgehead atoms. The SMILES string of the molecule is CC(C)[Si](OC[C@H]1O[C@]2(CCCC2=O)C[C@@H](O[Si](C(C)C)(C(C)C)C(C)C)[C@H]1O[Si](C)(C)C(C)(C)C)(C(C)C)C(C)C. The molecule has 42 heavy (non-hydrogen) atoms. The number of hydrogen-bond donors (Lipinski definition) is 0. The summed E-state index contributed by atoms with van der Waals surface area (Å²) in [7, 11) is -6.66. The molecule has 0 N–H and O–H groups in total. The van der Waals surface area contributed by atoms with Gasteiger partial charge in [0.1, 0.15) is 11.7 Å². The molecule has 0 radical (unpaired) electrons. The average molecular weight is 643 g/mol. The van der Waals surface area contributed by atoms with Gasteiger partial charge in [-0.2, -0.15) is 0 Å². The number of ketones is 1. The second-order valence-electron chi connectivity index (χ2n) is 17.1. The standard InChI is InChI=1S/C34H70O5Si3/c1-23(2)41(24(3)4,25(5)6)36-22-30-32(39-40(16,17)33(13,14)15)29(21-34(37-30)20-18-19-31(34)35)38-42(26(7)8,27(9)10)28(11)12/h23-30,32H,18-22H2,1-17H3/t29-,30-,32-,34-/m1/s1. The third kappa shape index (κ3) is 7.25. The summed E-state index contributed by atoms with van der Waals surface area (Å²) in [6.07, 6.45) is 2.08. The van der Waals surface area contributed by atoms with Crippen LogP contribution in [0.5, 0.6) is 0 Å². The molecule has 8 heteroatoms. The molecule has 0 amide bonds. The monoisotopic (exact) mass is 642 g/mol. The molecule has 0 aromatic rings. The Morgan fingerprint density at radius 1 is 0.786 bits per heavy atom. The molecule has 2 fully saturated rings. The van der Waals surface area contributed by atoms with Gasteiger partial charge in [-0.15, -0.1) is 0 Å². The van der Waals surface area contributed by atoms with Gasteiger partial charge in [0.2, 0.25) is 8.32 Å². The van der Waals surface area contributed by atoms with E-state index in [9.17, 15) is 4.79 Å². The third-order valence-electron chi connectivity index (χ3n) is 11.6. The Balaban J connectivity index is 2.72. The third-order valence-corrected chi connectivity index (χ3v) is 28.3. The summed E-state index contributed by atoms with van der Waals surface area (Å²) in [4.78, 5) is 13.7. The van der Waals surface area contributed by atoms with E-state index < -0.39 is 30.6 Å². The second-order valence-corrected chi connectivity index (χ2v) is 32.7. The minimum Gasteiger partial charge on any atom is -0.413 e. The first-order valence-corrected chi connectivity index (χ1v) is 24.4. The maximum atomic E-state index is 13.7. The van der Waals surface area contributed by atoms with Crippen molar-refractivity contribution in [1.82, 2.24) is 0 Å². The molecule has 2 aliphatic rings. The van der Waals surface area contributed by atoms with E-state index in [0.717, 1.165) is 12.8 Å². The molecule has 1 aliphatic heterocycles. The predicted molar refractivity (Wildman–Crippen MR) is 186 cm³/mol. The van der Waals surface area contributed by atoms with Crippen LogP contribution in [0.25, 0.3) is 0 Å². The molecular weight excluding hydrogens is 573 g/mol. The lowest BCUT2D eigenvalue weighted by molar-refractivity contribution is -0.210. The van der Waals surface area contributed by atoms with Gasteiger partial charge in [0.25, 0.3) is 0 Å². The fraction of sp³-hybridized carbons (Fsp3) is 0.971. The summed E-state index contributed by atoms with van der Waals surface area (Å²) in [6.45, 7) is 40.1. The molecule has 1 saturated carbocycles. The van der Waals surface area contributed by atoms with Crippen molar-refractivity contribution in [3.63, 3.8) is 0 Å². The van der Waals surface area contributed by atoms with E-state index in [2.05, 4.69) is 117 Å². The van der Waals surface area contributed by atoms with Crippen molar-refractivity contribution in [3.8, 4) is 0 Å². The zero-order valence-corrected chi connectivity index (χ0v) is 33.8. The van der Waals surface area contributed by atoms with Crippen LogP contribution in [0.4, 0.5) is 0 Å². The molecular formula is C34H70O5Si3. The van der Waals surface area contributed by atoms with Crippen LogP contribution in [0.1, 0.15) is 130 Å². The van der Waals surface area contributed by atoms with Crippen molar-refractivity contribution < 1.29 is 22.8 Å². The second kappa shape index (κ2) is 13.9. The van der Waals surface area contributed by atoms with E-state index in [1.807, 2.05) is 0 Å². The Morgan fingerprint density at radius 3 is 1.60 bits per heavy atom. The van der Waals surface area contributed by atoms with Gasteiger partial charge in [-0.1, -0.05) is 104 Å². The number of carbonyl (C=O) groups excluding carboxylic acids is 1. The average Bonchev–Trinajstić information content (AvgIpc) is 3.16. The molecule has 1 saturated heterocycles. The zero-order valence-electron chi connectivity index (χ0n) is 30.8. The first-order chi connectivity index (χ1) is 19.0. The lowest BCUT2D eigenvalue weighted by Gasteiger charge is -2.54. The van der Waals surface area contributed by atoms with E-state index in [1.165, 1.54) is 0 Å². The van der Waals surface area contributed by atoms with Crippen LogP contribution in [0, 0.1) is 0 Å². The van der Waals surface area contributed by atoms with Gasteiger partial charge >= 0.3 is 0 Å². The molecule has 2 rings (SSSR count). The Bertz CT molecular complexity index is 849. The fourth-order valence-corrected chi connectivity index (χ4v) is 21.0. The molecule has 0 aromatic heterocycles. The largest absolute Gasteiger partial charge is 0.413 e. The number of rotatable bonds is 13. The quantitative estimate of drug-likeness (QED) is 0.187. The Morgan fingerprint density at radius 2 is 1.24 bits per heavy atom. The molecule has 4 atom stereocenters. The molecule has 0 unspecified atom stereocenters. The number of hydrogen-bond acceptors (Lipinski definition) is 5. The summed E-state index contributed by atoms with van der Waals surface area (Å²) >= 11 is 0. The van der Waals surface area contributed by atoms with Crippen LogP contribution in [0.3, 0.4) is 0 Å². The lowest BCUT2D eigenvalue weighted by atomic mass is 9.86.